The van der Waals surface area contributed by atoms with Gasteiger partial charge in [-0.25, -0.2) is 24.0 Å². The average Bonchev–Trinajstić information content (AvgIpc) is 1.43. The standard InChI is InChI=1S/C33H47N3O6Si.C30H39N3O6.C15H21NO4.C6H11ClO/c1-33(2,3)41-32(40)35(5)27(22-24-16-11-9-12-17-24)29(37)34(4)28(23-25-18-13-10-14-19-25)30(38)36-21-15-20-26(36)31(39)42-43(6,7)8;1-30(2,3)39-29(38)32(5)24(19-21-13-8-6-9-14-21)26(34)31(4)25(20-22-15-10-7-11-16-22)27(35)33-18-12-17-23(33)28(36)37;1-15(2,3)20-14(19)16(4)12(13(17)18)10-11-8-6-5-7-9-11;1-4-6(2,3)5(7)8/h9-14,16-19,26-28H,15,20-23H2,1-8H3;6-11,13-16,23-25H,12,17-20H2,1-5H3,(H,36,37);5-9,12H,10H2,1-4H3,(H,17,18);4H2,1-3H3/t26-,27-,28-;23-,24-,25-;12-;/m000./s1. The predicted molar refractivity (Wildman–Crippen MR) is 426 cm³/mol. The van der Waals surface area contributed by atoms with Crippen LogP contribution in [0.1, 0.15) is 143 Å². The molecule has 2 aliphatic heterocycles. The minimum atomic E-state index is -2.17. The van der Waals surface area contributed by atoms with Gasteiger partial charge >= 0.3 is 36.2 Å². The molecular weight excluding hydrogens is 1440 g/mol. The molecule has 7 rings (SSSR count). The summed E-state index contributed by atoms with van der Waals surface area (Å²) in [6.45, 7) is 27.9. The van der Waals surface area contributed by atoms with E-state index in [0.717, 1.165) is 39.1 Å². The van der Waals surface area contributed by atoms with Crippen molar-refractivity contribution in [2.75, 3.05) is 48.3 Å². The van der Waals surface area contributed by atoms with Crippen LogP contribution in [-0.4, -0.2) is 225 Å². The zero-order chi connectivity index (χ0) is 82.8. The molecule has 110 heavy (non-hydrogen) atoms. The number of likely N-dealkylation sites (tertiary alicyclic amines) is 2. The Balaban J connectivity index is 0.000000348. The van der Waals surface area contributed by atoms with Crippen molar-refractivity contribution in [3.8, 4) is 0 Å². The molecule has 5 aromatic carbocycles. The fourth-order valence-electron chi connectivity index (χ4n) is 11.8. The van der Waals surface area contributed by atoms with Gasteiger partial charge in [0.25, 0.3) is 0 Å². The molecule has 0 unspecified atom stereocenters. The molecule has 7 amide bonds. The van der Waals surface area contributed by atoms with Gasteiger partial charge < -0.3 is 48.4 Å². The van der Waals surface area contributed by atoms with Crippen molar-refractivity contribution in [1.29, 1.82) is 0 Å². The lowest BCUT2D eigenvalue weighted by atomic mass is 9.92. The first-order valence-corrected chi connectivity index (χ1v) is 41.1. The number of aliphatic carboxylic acids is 2. The van der Waals surface area contributed by atoms with Gasteiger partial charge in [0.15, 0.2) is 0 Å². The maximum Gasteiger partial charge on any atom is 0.410 e. The van der Waals surface area contributed by atoms with Crippen LogP contribution in [0.3, 0.4) is 0 Å². The number of nitrogens with zero attached hydrogens (tertiary/aromatic N) is 7. The molecule has 0 spiro atoms. The molecule has 2 heterocycles. The Hall–Kier alpha value is -9.62. The first-order chi connectivity index (χ1) is 51.2. The summed E-state index contributed by atoms with van der Waals surface area (Å²) in [5.74, 6) is -4.06. The first kappa shape index (κ1) is 92.8. The highest BCUT2D eigenvalue weighted by molar-refractivity contribution is 6.71. The van der Waals surface area contributed by atoms with Crippen LogP contribution in [0.2, 0.25) is 19.6 Å². The van der Waals surface area contributed by atoms with Gasteiger partial charge in [-0.1, -0.05) is 172 Å². The van der Waals surface area contributed by atoms with Crippen molar-refractivity contribution in [2.45, 2.75) is 226 Å². The third-order valence-electron chi connectivity index (χ3n) is 18.3. The normalized spacial score (nSPS) is 15.6. The summed E-state index contributed by atoms with van der Waals surface area (Å²) in [6.07, 6.45) is 2.17. The lowest BCUT2D eigenvalue weighted by molar-refractivity contribution is -0.153. The highest BCUT2D eigenvalue weighted by Crippen LogP contribution is 2.28. The van der Waals surface area contributed by atoms with Gasteiger partial charge in [-0.2, -0.15) is 0 Å². The Morgan fingerprint density at radius 1 is 0.427 bits per heavy atom. The molecule has 602 valence electrons. The molecule has 0 radical (unpaired) electrons. The second-order valence-electron chi connectivity index (χ2n) is 32.3. The van der Waals surface area contributed by atoms with Crippen molar-refractivity contribution in [3.63, 3.8) is 0 Å². The number of carbonyl (C=O) groups excluding carboxylic acids is 9. The molecular formula is C84H118ClN7O17Si. The van der Waals surface area contributed by atoms with E-state index >= 15 is 0 Å². The quantitative estimate of drug-likeness (QED) is 0.0312. The summed E-state index contributed by atoms with van der Waals surface area (Å²) in [6, 6.07) is 40.4. The zero-order valence-electron chi connectivity index (χ0n) is 68.0. The minimum absolute atomic E-state index is 0.207. The smallest absolute Gasteiger partial charge is 0.410 e. The number of hydrogen-bond acceptors (Lipinski definition) is 15. The third-order valence-corrected chi connectivity index (χ3v) is 19.6. The SMILES string of the molecule is CCC(C)(C)C(=O)Cl.CN(C(=O)OC(C)(C)C)[C@@H](Cc1ccccc1)C(=O)N(C)[C@@H](Cc1ccccc1)C(=O)N1CCC[C@H]1C(=O)O.CN(C(=O)OC(C)(C)C)[C@@H](Cc1ccccc1)C(=O)N(C)[C@@H](Cc1ccccc1)C(=O)N1CCC[C@H]1C(=O)O[Si](C)(C)C.CN(C(=O)OC(C)(C)C)[C@@H](Cc1ccccc1)C(=O)O. The largest absolute Gasteiger partial charge is 0.518 e. The van der Waals surface area contributed by atoms with Gasteiger partial charge in [-0.3, -0.25) is 43.5 Å². The summed E-state index contributed by atoms with van der Waals surface area (Å²) in [5.41, 5.74) is 1.78. The van der Waals surface area contributed by atoms with Crippen molar-refractivity contribution in [1.82, 2.24) is 34.3 Å². The predicted octanol–water partition coefficient (Wildman–Crippen LogP) is 13.3. The Morgan fingerprint density at radius 2 is 0.691 bits per heavy atom. The van der Waals surface area contributed by atoms with Crippen LogP contribution in [0.15, 0.2) is 152 Å². The minimum Gasteiger partial charge on any atom is -0.518 e. The second kappa shape index (κ2) is 42.0. The third kappa shape index (κ3) is 30.3. The topological polar surface area (TPSA) is 288 Å². The number of likely N-dealkylation sites (N-methyl/N-ethyl adjacent to an activating group) is 5. The number of carbonyl (C=O) groups is 11. The van der Waals surface area contributed by atoms with Gasteiger partial charge in [-0.15, -0.1) is 0 Å². The maximum absolute atomic E-state index is 14.3. The van der Waals surface area contributed by atoms with Crippen LogP contribution in [0.5, 0.6) is 0 Å². The molecule has 7 atom stereocenters. The lowest BCUT2D eigenvalue weighted by Crippen LogP contribution is -2.58. The zero-order valence-corrected chi connectivity index (χ0v) is 69.7. The van der Waals surface area contributed by atoms with E-state index in [1.165, 1.54) is 38.6 Å². The van der Waals surface area contributed by atoms with Gasteiger partial charge in [0.1, 0.15) is 59.1 Å². The molecule has 0 aromatic heterocycles. The van der Waals surface area contributed by atoms with Crippen molar-refractivity contribution in [2.24, 2.45) is 5.41 Å². The fraction of sp³-hybridized carbons (Fsp3) is 0.512. The van der Waals surface area contributed by atoms with Crippen LogP contribution in [-0.2, 0) is 89.1 Å². The summed E-state index contributed by atoms with van der Waals surface area (Å²) in [4.78, 5) is 151. The van der Waals surface area contributed by atoms with E-state index in [2.05, 4.69) is 0 Å². The number of benzene rings is 5. The van der Waals surface area contributed by atoms with Crippen LogP contribution >= 0.6 is 11.6 Å². The van der Waals surface area contributed by atoms with Gasteiger partial charge in [0.05, 0.1) is 0 Å². The average molecular weight is 1560 g/mol. The number of ether oxygens (including phenoxy) is 3. The van der Waals surface area contributed by atoms with E-state index in [-0.39, 0.29) is 54.6 Å². The van der Waals surface area contributed by atoms with Crippen molar-refractivity contribution < 1.29 is 81.6 Å². The molecule has 2 N–H and O–H groups in total. The van der Waals surface area contributed by atoms with Crippen LogP contribution < -0.4 is 0 Å². The second-order valence-corrected chi connectivity index (χ2v) is 37.1. The molecule has 0 bridgehead atoms. The number of hydrogen-bond donors (Lipinski definition) is 2. The summed E-state index contributed by atoms with van der Waals surface area (Å²) in [7, 11) is 5.47. The summed E-state index contributed by atoms with van der Waals surface area (Å²) in [5, 5.41) is 18.8. The first-order valence-electron chi connectivity index (χ1n) is 37.3. The molecule has 2 fully saturated rings. The van der Waals surface area contributed by atoms with E-state index in [1.807, 2.05) is 192 Å². The van der Waals surface area contributed by atoms with E-state index in [4.69, 9.17) is 30.2 Å². The van der Waals surface area contributed by atoms with E-state index in [0.29, 0.717) is 38.8 Å². The summed E-state index contributed by atoms with van der Waals surface area (Å²) >= 11 is 5.23. The molecule has 0 aliphatic carbocycles. The lowest BCUT2D eigenvalue weighted by Gasteiger charge is -2.37. The maximum atomic E-state index is 14.3. The number of halogens is 1. The fourth-order valence-corrected chi connectivity index (χ4v) is 12.6. The molecule has 0 saturated carbocycles. The Kier molecular flexibility index (Phi) is 35.4. The van der Waals surface area contributed by atoms with E-state index in [1.54, 1.807) is 88.4 Å². The van der Waals surface area contributed by atoms with Gasteiger partial charge in [-0.05, 0) is 153 Å². The Morgan fingerprint density at radius 3 is 0.936 bits per heavy atom. The molecule has 5 aromatic rings. The number of amides is 7. The number of carboxylic acids is 2. The van der Waals surface area contributed by atoms with Gasteiger partial charge in [0, 0.05) is 85.8 Å². The van der Waals surface area contributed by atoms with E-state index in [9.17, 15) is 63.0 Å². The highest BCUT2D eigenvalue weighted by atomic mass is 35.5. The van der Waals surface area contributed by atoms with Crippen LogP contribution in [0, 0.1) is 5.41 Å². The highest BCUT2D eigenvalue weighted by Gasteiger charge is 2.45. The molecule has 2 saturated heterocycles. The van der Waals surface area contributed by atoms with E-state index < -0.39 is 115 Å². The molecule has 24 nitrogen and oxygen atoms in total. The molecule has 2 aliphatic rings. The van der Waals surface area contributed by atoms with Crippen LogP contribution in [0.4, 0.5) is 14.4 Å². The van der Waals surface area contributed by atoms with Crippen molar-refractivity contribution in [3.05, 3.63) is 179 Å². The number of rotatable bonds is 25. The molecule has 26 heteroatoms. The monoisotopic (exact) mass is 1560 g/mol. The summed E-state index contributed by atoms with van der Waals surface area (Å²) < 4.78 is 22.1. The Bertz CT molecular complexity index is 3830. The van der Waals surface area contributed by atoms with Crippen LogP contribution in [0.25, 0.3) is 0 Å². The Labute approximate surface area is 656 Å². The van der Waals surface area contributed by atoms with Gasteiger partial charge in [0.2, 0.25) is 37.2 Å². The number of carboxylic acid groups (broad SMARTS) is 2. The van der Waals surface area contributed by atoms with Crippen molar-refractivity contribution >= 4 is 85.0 Å².